The molecule has 0 unspecified atom stereocenters. The predicted molar refractivity (Wildman–Crippen MR) is 119 cm³/mol. The number of piperidine rings is 1. The molecule has 0 saturated carbocycles. The Morgan fingerprint density at radius 1 is 1.00 bits per heavy atom. The summed E-state index contributed by atoms with van der Waals surface area (Å²) in [5.41, 5.74) is 2.27. The molecule has 166 valence electrons. The summed E-state index contributed by atoms with van der Waals surface area (Å²) in [6.45, 7) is 3.07. The third-order valence-corrected chi connectivity index (χ3v) is 7.18. The fourth-order valence-corrected chi connectivity index (χ4v) is 4.42. The molecule has 1 saturated heterocycles. The van der Waals surface area contributed by atoms with Gasteiger partial charge >= 0.3 is 5.97 Å². The fourth-order valence-electron chi connectivity index (χ4n) is 3.49. The topological polar surface area (TPSA) is 84.0 Å². The van der Waals surface area contributed by atoms with Gasteiger partial charge in [0.05, 0.1) is 16.1 Å². The van der Waals surface area contributed by atoms with E-state index in [1.54, 1.807) is 18.2 Å². The van der Waals surface area contributed by atoms with Gasteiger partial charge in [-0.25, -0.2) is 17.5 Å². The molecule has 0 bridgehead atoms. The molecule has 0 radical (unpaired) electrons. The Kier molecular flexibility index (Phi) is 7.12. The normalized spacial score (nSPS) is 14.5. The highest BCUT2D eigenvalue weighted by atomic mass is 32.2. The molecular weight excluding hydrogens is 416 g/mol. The second-order valence-electron chi connectivity index (χ2n) is 7.88. The zero-order valence-electron chi connectivity index (χ0n) is 18.1. The molecule has 1 heterocycles. The van der Waals surface area contributed by atoms with Crippen molar-refractivity contribution in [2.75, 3.05) is 38.7 Å². The SMILES string of the molecule is Cc1ccc(C(=O)COC(=O)c2cc(S(=O)(=O)N(C)C)ccc2N2CCCCC2)cc1. The van der Waals surface area contributed by atoms with Crippen LogP contribution in [0.5, 0.6) is 0 Å². The number of carbonyl (C=O) groups excluding carboxylic acids is 2. The minimum Gasteiger partial charge on any atom is -0.454 e. The van der Waals surface area contributed by atoms with Crippen LogP contribution in [0.1, 0.15) is 45.5 Å². The highest BCUT2D eigenvalue weighted by Crippen LogP contribution is 2.28. The Morgan fingerprint density at radius 3 is 2.26 bits per heavy atom. The molecule has 7 nitrogen and oxygen atoms in total. The van der Waals surface area contributed by atoms with Crippen molar-refractivity contribution in [3.63, 3.8) is 0 Å². The van der Waals surface area contributed by atoms with Crippen LogP contribution >= 0.6 is 0 Å². The second kappa shape index (κ2) is 9.62. The van der Waals surface area contributed by atoms with E-state index in [1.165, 1.54) is 26.2 Å². The van der Waals surface area contributed by atoms with Crippen LogP contribution in [0.3, 0.4) is 0 Å². The van der Waals surface area contributed by atoms with Gasteiger partial charge in [0, 0.05) is 32.7 Å². The number of ketones is 1. The minimum absolute atomic E-state index is 0.00932. The summed E-state index contributed by atoms with van der Waals surface area (Å²) in [4.78, 5) is 27.4. The fraction of sp³-hybridized carbons (Fsp3) is 0.391. The molecule has 0 spiro atoms. The summed E-state index contributed by atoms with van der Waals surface area (Å²) in [6, 6.07) is 11.5. The first-order chi connectivity index (χ1) is 14.7. The van der Waals surface area contributed by atoms with Gasteiger partial charge in [-0.3, -0.25) is 4.79 Å². The number of sulfonamides is 1. The average Bonchev–Trinajstić information content (AvgIpc) is 2.77. The van der Waals surface area contributed by atoms with Gasteiger partial charge in [0.25, 0.3) is 0 Å². The van der Waals surface area contributed by atoms with Gasteiger partial charge < -0.3 is 9.64 Å². The molecule has 3 rings (SSSR count). The molecule has 1 aliphatic heterocycles. The first-order valence-electron chi connectivity index (χ1n) is 10.3. The number of rotatable bonds is 7. The maximum atomic E-state index is 12.9. The molecule has 2 aromatic rings. The van der Waals surface area contributed by atoms with Gasteiger partial charge in [-0.2, -0.15) is 0 Å². The lowest BCUT2D eigenvalue weighted by atomic mass is 10.1. The van der Waals surface area contributed by atoms with Crippen molar-refractivity contribution in [2.45, 2.75) is 31.1 Å². The van der Waals surface area contributed by atoms with Gasteiger partial charge in [-0.1, -0.05) is 29.8 Å². The third-order valence-electron chi connectivity index (χ3n) is 5.37. The third kappa shape index (κ3) is 5.32. The van der Waals surface area contributed by atoms with Crippen LogP contribution in [0.25, 0.3) is 0 Å². The van der Waals surface area contributed by atoms with Gasteiger partial charge in [0.15, 0.2) is 12.4 Å². The lowest BCUT2D eigenvalue weighted by Gasteiger charge is -2.30. The molecule has 0 aromatic heterocycles. The number of hydrogen-bond acceptors (Lipinski definition) is 6. The zero-order chi connectivity index (χ0) is 22.6. The number of hydrogen-bond donors (Lipinski definition) is 0. The molecule has 1 fully saturated rings. The van der Waals surface area contributed by atoms with Crippen molar-refractivity contribution in [2.24, 2.45) is 0 Å². The van der Waals surface area contributed by atoms with E-state index in [-0.39, 0.29) is 16.2 Å². The zero-order valence-corrected chi connectivity index (χ0v) is 18.9. The van der Waals surface area contributed by atoms with E-state index in [1.807, 2.05) is 19.1 Å². The van der Waals surface area contributed by atoms with Crippen LogP contribution < -0.4 is 4.90 Å². The number of nitrogens with zero attached hydrogens (tertiary/aromatic N) is 2. The van der Waals surface area contributed by atoms with Crippen LogP contribution in [0.2, 0.25) is 0 Å². The van der Waals surface area contributed by atoms with Crippen LogP contribution in [-0.4, -0.2) is 58.3 Å². The summed E-state index contributed by atoms with van der Waals surface area (Å²) in [7, 11) is -0.845. The molecule has 0 atom stereocenters. The maximum absolute atomic E-state index is 12.9. The van der Waals surface area contributed by atoms with Crippen LogP contribution in [0.4, 0.5) is 5.69 Å². The molecule has 0 aliphatic carbocycles. The molecule has 0 amide bonds. The summed E-state index contributed by atoms with van der Waals surface area (Å²) in [5.74, 6) is -1.03. The highest BCUT2D eigenvalue weighted by Gasteiger charge is 2.25. The Morgan fingerprint density at radius 2 is 1.65 bits per heavy atom. The van der Waals surface area contributed by atoms with Crippen LogP contribution in [0.15, 0.2) is 47.4 Å². The Bertz CT molecular complexity index is 1060. The van der Waals surface area contributed by atoms with E-state index >= 15 is 0 Å². The second-order valence-corrected chi connectivity index (χ2v) is 10.0. The van der Waals surface area contributed by atoms with Crippen molar-refractivity contribution in [1.82, 2.24) is 4.31 Å². The number of benzene rings is 2. The van der Waals surface area contributed by atoms with Crippen molar-refractivity contribution < 1.29 is 22.7 Å². The number of esters is 1. The van der Waals surface area contributed by atoms with E-state index in [4.69, 9.17) is 4.74 Å². The van der Waals surface area contributed by atoms with Crippen LogP contribution in [0, 0.1) is 6.92 Å². The first kappa shape index (κ1) is 23.0. The monoisotopic (exact) mass is 444 g/mol. The summed E-state index contributed by atoms with van der Waals surface area (Å²) >= 11 is 0. The molecule has 1 aliphatic rings. The van der Waals surface area contributed by atoms with E-state index in [0.29, 0.717) is 11.3 Å². The van der Waals surface area contributed by atoms with Gasteiger partial charge in [-0.05, 0) is 44.4 Å². The molecular formula is C23H28N2O5S. The number of carbonyl (C=O) groups is 2. The molecule has 31 heavy (non-hydrogen) atoms. The van der Waals surface area contributed by atoms with Gasteiger partial charge in [0.2, 0.25) is 10.0 Å². The summed E-state index contributed by atoms with van der Waals surface area (Å²) in [5, 5.41) is 0. The quantitative estimate of drug-likeness (QED) is 0.481. The van der Waals surface area contributed by atoms with Crippen molar-refractivity contribution in [1.29, 1.82) is 0 Å². The molecule has 2 aromatic carbocycles. The van der Waals surface area contributed by atoms with Crippen molar-refractivity contribution in [3.05, 3.63) is 59.2 Å². The lowest BCUT2D eigenvalue weighted by Crippen LogP contribution is -2.31. The van der Waals surface area contributed by atoms with E-state index in [9.17, 15) is 18.0 Å². The Labute approximate surface area is 183 Å². The minimum atomic E-state index is -3.72. The van der Waals surface area contributed by atoms with Crippen molar-refractivity contribution in [3.8, 4) is 0 Å². The number of anilines is 1. The molecule has 0 N–H and O–H groups in total. The standard InChI is InChI=1S/C23H28N2O5S/c1-17-7-9-18(10-8-17)22(26)16-30-23(27)20-15-19(31(28,29)24(2)3)11-12-21(20)25-13-5-4-6-14-25/h7-12,15H,4-6,13-14,16H2,1-3H3. The Balaban J connectivity index is 1.87. The van der Waals surface area contributed by atoms with E-state index < -0.39 is 22.6 Å². The summed E-state index contributed by atoms with van der Waals surface area (Å²) in [6.07, 6.45) is 3.12. The number of Topliss-reactive ketones (excluding diaryl/α,β-unsaturated/α-hetero) is 1. The predicted octanol–water partition coefficient (Wildman–Crippen LogP) is 3.28. The maximum Gasteiger partial charge on any atom is 0.340 e. The summed E-state index contributed by atoms with van der Waals surface area (Å²) < 4.78 is 31.6. The number of ether oxygens (including phenoxy) is 1. The molecule has 8 heteroatoms. The van der Waals surface area contributed by atoms with Gasteiger partial charge in [0.1, 0.15) is 0 Å². The van der Waals surface area contributed by atoms with Crippen molar-refractivity contribution >= 4 is 27.5 Å². The lowest BCUT2D eigenvalue weighted by molar-refractivity contribution is 0.0475. The Hall–Kier alpha value is -2.71. The number of aryl methyl sites for hydroxylation is 1. The largest absolute Gasteiger partial charge is 0.454 e. The smallest absolute Gasteiger partial charge is 0.340 e. The van der Waals surface area contributed by atoms with Gasteiger partial charge in [-0.15, -0.1) is 0 Å². The average molecular weight is 445 g/mol. The van der Waals surface area contributed by atoms with Crippen LogP contribution in [-0.2, 0) is 14.8 Å². The van der Waals surface area contributed by atoms with E-state index in [0.717, 1.165) is 42.2 Å². The van der Waals surface area contributed by atoms with E-state index in [2.05, 4.69) is 4.90 Å². The highest BCUT2D eigenvalue weighted by molar-refractivity contribution is 7.89. The first-order valence-corrected chi connectivity index (χ1v) is 11.7.